The molecule has 3 heteroatoms. The maximum atomic E-state index is 8.50. The first-order chi connectivity index (χ1) is 3.83. The molecule has 2 radical (unpaired) electrons. The molecule has 1 aliphatic rings. The largest absolute Gasteiger partial charge is 0.394 e. The second-order valence-electron chi connectivity index (χ2n) is 2.06. The van der Waals surface area contributed by atoms with Gasteiger partial charge >= 0.3 is 0 Å². The molecule has 2 atom stereocenters. The van der Waals surface area contributed by atoms with E-state index in [0.29, 0.717) is 0 Å². The number of hydrogen-bond acceptors (Lipinski definition) is 2. The van der Waals surface area contributed by atoms with Gasteiger partial charge in [-0.3, -0.25) is 0 Å². The molecule has 52 valence electrons. The molecule has 1 aliphatic heterocycles. The molecule has 1 fully saturated rings. The lowest BCUT2D eigenvalue weighted by atomic mass is 9.97. The van der Waals surface area contributed by atoms with E-state index in [-0.39, 0.29) is 26.1 Å². The Bertz CT molecular complexity index is 77.5. The third-order valence-corrected chi connectivity index (χ3v) is 1.34. The van der Waals surface area contributed by atoms with Crippen LogP contribution in [0.5, 0.6) is 0 Å². The van der Waals surface area contributed by atoms with Gasteiger partial charge in [0.2, 0.25) is 0 Å². The molecule has 0 aliphatic carbocycles. The minimum atomic E-state index is -0.132. The second kappa shape index (κ2) is 3.91. The Morgan fingerprint density at radius 1 is 1.56 bits per heavy atom. The Morgan fingerprint density at radius 2 is 2.22 bits per heavy atom. The minimum absolute atomic E-state index is 0. The number of hydrogen-bond donors (Lipinski definition) is 1. The molecule has 1 heterocycles. The molecule has 1 N–H and O–H groups in total. The van der Waals surface area contributed by atoms with Gasteiger partial charge in [-0.25, -0.2) is 0 Å². The molecule has 9 heavy (non-hydrogen) atoms. The van der Waals surface area contributed by atoms with E-state index in [2.05, 4.69) is 0 Å². The summed E-state index contributed by atoms with van der Waals surface area (Å²) in [7, 11) is 5.37. The van der Waals surface area contributed by atoms with Crippen LogP contribution in [0, 0.1) is 0 Å². The quantitative estimate of drug-likeness (QED) is 0.514. The second-order valence-corrected chi connectivity index (χ2v) is 2.06. The molecule has 2 unspecified atom stereocenters. The third kappa shape index (κ3) is 2.37. The fourth-order valence-corrected chi connectivity index (χ4v) is 0.868. The van der Waals surface area contributed by atoms with Crippen molar-refractivity contribution in [2.75, 3.05) is 6.61 Å². The van der Waals surface area contributed by atoms with Crippen LogP contribution < -0.4 is 0 Å². The van der Waals surface area contributed by atoms with Crippen molar-refractivity contribution < 1.29 is 9.84 Å². The van der Waals surface area contributed by atoms with Crippen molar-refractivity contribution in [2.24, 2.45) is 0 Å². The first-order valence-electron chi connectivity index (χ1n) is 2.85. The van der Waals surface area contributed by atoms with Crippen LogP contribution in [-0.2, 0) is 4.74 Å². The molecule has 1 saturated heterocycles. The zero-order valence-electron chi connectivity index (χ0n) is 4.71. The lowest BCUT2D eigenvalue weighted by Gasteiger charge is -2.05. The van der Waals surface area contributed by atoms with Gasteiger partial charge in [-0.05, 0) is 12.8 Å². The first-order valence-corrected chi connectivity index (χ1v) is 2.85. The summed E-state index contributed by atoms with van der Waals surface area (Å²) in [6.45, 7) is 0.105. The molecule has 1 rings (SSSR count). The van der Waals surface area contributed by atoms with Crippen LogP contribution in [0.15, 0.2) is 0 Å². The van der Waals surface area contributed by atoms with E-state index in [0.717, 1.165) is 12.8 Å². The van der Waals surface area contributed by atoms with E-state index in [4.69, 9.17) is 17.7 Å². The van der Waals surface area contributed by atoms with Crippen molar-refractivity contribution in [3.63, 3.8) is 0 Å². The van der Waals surface area contributed by atoms with Gasteiger partial charge < -0.3 is 9.84 Å². The number of ether oxygens (including phenoxy) is 1. The number of aliphatic hydroxyl groups excluding tert-OH is 1. The van der Waals surface area contributed by atoms with Gasteiger partial charge in [-0.2, -0.15) is 0 Å². The summed E-state index contributed by atoms with van der Waals surface area (Å²) in [6, 6.07) is -0.132. The van der Waals surface area contributed by atoms with Crippen LogP contribution in [0.25, 0.3) is 0 Å². The van der Waals surface area contributed by atoms with Crippen LogP contribution in [0.3, 0.4) is 0 Å². The van der Waals surface area contributed by atoms with Crippen molar-refractivity contribution in [1.29, 1.82) is 0 Å². The molecule has 0 spiro atoms. The van der Waals surface area contributed by atoms with Gasteiger partial charge in [-0.1, -0.05) is 7.43 Å². The zero-order chi connectivity index (χ0) is 5.98. The average Bonchev–Trinajstić information content (AvgIpc) is 2.14. The van der Waals surface area contributed by atoms with Crippen molar-refractivity contribution in [3.8, 4) is 0 Å². The average molecular weight is 128 g/mol. The Morgan fingerprint density at radius 3 is 2.44 bits per heavy atom. The summed E-state index contributed by atoms with van der Waals surface area (Å²) in [5.74, 6) is 0. The monoisotopic (exact) mass is 128 g/mol. The van der Waals surface area contributed by atoms with E-state index in [1.165, 1.54) is 0 Å². The van der Waals surface area contributed by atoms with Gasteiger partial charge in [0.1, 0.15) is 7.85 Å². The number of rotatable bonds is 1. The standard InChI is InChI=1S/C5H9BO2.CH4/c6-5-2-1-4(3-7)8-5;/h4-5,7H,1-3H2;1H4. The van der Waals surface area contributed by atoms with E-state index in [9.17, 15) is 0 Å². The van der Waals surface area contributed by atoms with Crippen molar-refractivity contribution >= 4 is 7.85 Å². The van der Waals surface area contributed by atoms with Gasteiger partial charge in [0.25, 0.3) is 0 Å². The maximum absolute atomic E-state index is 8.50. The summed E-state index contributed by atoms with van der Waals surface area (Å²) in [5, 5.41) is 8.50. The van der Waals surface area contributed by atoms with Gasteiger partial charge in [0, 0.05) is 6.00 Å². The molecule has 0 aromatic heterocycles. The van der Waals surface area contributed by atoms with Crippen LogP contribution in [0.2, 0.25) is 0 Å². The molecule has 0 amide bonds. The van der Waals surface area contributed by atoms with Crippen LogP contribution in [0.1, 0.15) is 20.3 Å². The lowest BCUT2D eigenvalue weighted by Crippen LogP contribution is -2.13. The molecule has 2 nitrogen and oxygen atoms in total. The normalized spacial score (nSPS) is 33.9. The molecule has 0 bridgehead atoms. The highest BCUT2D eigenvalue weighted by molar-refractivity contribution is 6.11. The summed E-state index contributed by atoms with van der Waals surface area (Å²) < 4.78 is 5.04. The van der Waals surface area contributed by atoms with Gasteiger partial charge in [0.15, 0.2) is 0 Å². The SMILES string of the molecule is C.[B]C1CCC(CO)O1. The molecular weight excluding hydrogens is 115 g/mol. The zero-order valence-corrected chi connectivity index (χ0v) is 4.71. The summed E-state index contributed by atoms with van der Waals surface area (Å²) in [6.07, 6.45) is 1.79. The molecule has 0 saturated carbocycles. The molecular formula is C6H13BO2. The highest BCUT2D eigenvalue weighted by Gasteiger charge is 2.19. The lowest BCUT2D eigenvalue weighted by molar-refractivity contribution is 0.0432. The molecule has 0 aromatic rings. The molecule has 0 aromatic carbocycles. The Kier molecular flexibility index (Phi) is 3.90. The van der Waals surface area contributed by atoms with Crippen LogP contribution in [-0.4, -0.2) is 31.7 Å². The van der Waals surface area contributed by atoms with Crippen LogP contribution in [0.4, 0.5) is 0 Å². The predicted molar refractivity (Wildman–Crippen MR) is 37.5 cm³/mol. The summed E-state index contributed by atoms with van der Waals surface area (Å²) in [5.41, 5.74) is 0. The number of aliphatic hydroxyl groups is 1. The minimum Gasteiger partial charge on any atom is -0.394 e. The fraction of sp³-hybridized carbons (Fsp3) is 1.00. The van der Waals surface area contributed by atoms with Crippen molar-refractivity contribution in [3.05, 3.63) is 0 Å². The van der Waals surface area contributed by atoms with E-state index in [1.54, 1.807) is 0 Å². The highest BCUT2D eigenvalue weighted by atomic mass is 16.5. The highest BCUT2D eigenvalue weighted by Crippen LogP contribution is 2.15. The topological polar surface area (TPSA) is 29.5 Å². The van der Waals surface area contributed by atoms with Gasteiger partial charge in [-0.15, -0.1) is 0 Å². The Balaban J connectivity index is 0.000000640. The predicted octanol–water partition coefficient (Wildman–Crippen LogP) is 0.288. The maximum Gasteiger partial charge on any atom is 0.109 e. The summed E-state index contributed by atoms with van der Waals surface area (Å²) in [4.78, 5) is 0. The Hall–Kier alpha value is -0.0151. The smallest absolute Gasteiger partial charge is 0.109 e. The Labute approximate surface area is 57.6 Å². The van der Waals surface area contributed by atoms with Crippen LogP contribution >= 0.6 is 0 Å². The first kappa shape index (κ1) is 8.98. The summed E-state index contributed by atoms with van der Waals surface area (Å²) >= 11 is 0. The fourth-order valence-electron chi connectivity index (χ4n) is 0.868. The van der Waals surface area contributed by atoms with E-state index >= 15 is 0 Å². The van der Waals surface area contributed by atoms with E-state index < -0.39 is 0 Å². The third-order valence-electron chi connectivity index (χ3n) is 1.34. The van der Waals surface area contributed by atoms with E-state index in [1.807, 2.05) is 0 Å². The van der Waals surface area contributed by atoms with Crippen molar-refractivity contribution in [1.82, 2.24) is 0 Å². The van der Waals surface area contributed by atoms with Gasteiger partial charge in [0.05, 0.1) is 12.7 Å². The van der Waals surface area contributed by atoms with Crippen molar-refractivity contribution in [2.45, 2.75) is 32.4 Å².